The third kappa shape index (κ3) is 2.69. The number of hydrogen-bond donors (Lipinski definition) is 3. The number of hydrazine groups is 1. The number of allylic oxidation sites excluding steroid dienone is 3. The number of aromatic nitrogens is 2. The summed E-state index contributed by atoms with van der Waals surface area (Å²) in [7, 11) is 0. The smallest absolute Gasteiger partial charge is 0.145 e. The van der Waals surface area contributed by atoms with Gasteiger partial charge >= 0.3 is 0 Å². The molecule has 122 valence electrons. The van der Waals surface area contributed by atoms with Gasteiger partial charge in [0, 0.05) is 22.7 Å². The molecule has 1 atom stereocenters. The van der Waals surface area contributed by atoms with Crippen molar-refractivity contribution in [2.45, 2.75) is 24.7 Å². The Hall–Kier alpha value is -2.60. The van der Waals surface area contributed by atoms with Crippen molar-refractivity contribution >= 4 is 23.3 Å². The fourth-order valence-corrected chi connectivity index (χ4v) is 3.61. The molecule has 0 saturated carbocycles. The molecule has 2 aliphatic heterocycles. The zero-order valence-corrected chi connectivity index (χ0v) is 14.4. The first kappa shape index (κ1) is 15.0. The summed E-state index contributed by atoms with van der Waals surface area (Å²) in [6.45, 7) is 8.16. The van der Waals surface area contributed by atoms with E-state index in [1.54, 1.807) is 11.8 Å². The minimum absolute atomic E-state index is 0.223. The highest BCUT2D eigenvalue weighted by atomic mass is 32.2. The molecule has 3 N–H and O–H groups in total. The van der Waals surface area contributed by atoms with E-state index in [0.717, 1.165) is 27.9 Å². The third-order valence-corrected chi connectivity index (χ3v) is 5.10. The first-order chi connectivity index (χ1) is 11.6. The van der Waals surface area contributed by atoms with E-state index in [0.29, 0.717) is 0 Å². The van der Waals surface area contributed by atoms with Gasteiger partial charge in [-0.3, -0.25) is 5.43 Å². The van der Waals surface area contributed by atoms with Gasteiger partial charge in [-0.15, -0.1) is 0 Å². The molecule has 0 fully saturated rings. The summed E-state index contributed by atoms with van der Waals surface area (Å²) in [5, 5.41) is 8.97. The number of benzene rings is 1. The van der Waals surface area contributed by atoms with Crippen LogP contribution in [0.3, 0.4) is 0 Å². The Bertz CT molecular complexity index is 877. The molecule has 0 radical (unpaired) electrons. The standard InChI is InChI=1S/C18H19N5S/c1-11-4-7-18(21-20-11)23-9-8-15(22-23)12(2)14-5-6-16-17(10-14)24-13(3)19-16/h4-10,12,19-21H,3H2,1-2H3. The van der Waals surface area contributed by atoms with Gasteiger partial charge in [-0.1, -0.05) is 31.3 Å². The van der Waals surface area contributed by atoms with E-state index in [9.17, 15) is 0 Å². The van der Waals surface area contributed by atoms with Gasteiger partial charge in [-0.05, 0) is 42.8 Å². The fraction of sp³-hybridized carbons (Fsp3) is 0.167. The second-order valence-corrected chi connectivity index (χ2v) is 7.10. The monoisotopic (exact) mass is 337 g/mol. The molecular formula is C18H19N5S. The molecule has 0 saturated heterocycles. The number of fused-ring (bicyclic) bond motifs is 1. The highest BCUT2D eigenvalue weighted by Crippen LogP contribution is 2.41. The maximum atomic E-state index is 4.72. The maximum Gasteiger partial charge on any atom is 0.145 e. The van der Waals surface area contributed by atoms with Crippen LogP contribution in [0.4, 0.5) is 5.69 Å². The molecule has 0 aliphatic carbocycles. The molecule has 1 aromatic heterocycles. The number of hydrogen-bond acceptors (Lipinski definition) is 5. The highest BCUT2D eigenvalue weighted by molar-refractivity contribution is 8.03. The van der Waals surface area contributed by atoms with Gasteiger partial charge in [0.2, 0.25) is 0 Å². The Morgan fingerprint density at radius 2 is 2.08 bits per heavy atom. The van der Waals surface area contributed by atoms with Crippen LogP contribution in [0.5, 0.6) is 0 Å². The number of nitrogens with zero attached hydrogens (tertiary/aromatic N) is 2. The van der Waals surface area contributed by atoms with E-state index in [-0.39, 0.29) is 5.92 Å². The van der Waals surface area contributed by atoms with Crippen molar-refractivity contribution in [2.24, 2.45) is 0 Å². The van der Waals surface area contributed by atoms with Crippen LogP contribution in [0.2, 0.25) is 0 Å². The van der Waals surface area contributed by atoms with Crippen molar-refractivity contribution in [3.63, 3.8) is 0 Å². The van der Waals surface area contributed by atoms with Crippen molar-refractivity contribution in [2.75, 3.05) is 5.32 Å². The Labute approximate surface area is 145 Å². The molecule has 1 aromatic carbocycles. The molecule has 1 unspecified atom stereocenters. The third-order valence-electron chi connectivity index (χ3n) is 4.19. The molecule has 4 rings (SSSR count). The Morgan fingerprint density at radius 1 is 1.21 bits per heavy atom. The SMILES string of the molecule is C=C1Nc2ccc(C(C)c3ccn(C4=CC=C(C)NN4)n3)cc2S1. The molecule has 3 heterocycles. The minimum Gasteiger partial charge on any atom is -0.350 e. The molecule has 2 aromatic rings. The van der Waals surface area contributed by atoms with Gasteiger partial charge in [0.1, 0.15) is 5.82 Å². The topological polar surface area (TPSA) is 53.9 Å². The van der Waals surface area contributed by atoms with Crippen LogP contribution >= 0.6 is 11.8 Å². The molecule has 5 nitrogen and oxygen atoms in total. The van der Waals surface area contributed by atoms with E-state index < -0.39 is 0 Å². The summed E-state index contributed by atoms with van der Waals surface area (Å²) in [5.74, 6) is 1.13. The first-order valence-corrected chi connectivity index (χ1v) is 8.66. The Morgan fingerprint density at radius 3 is 2.88 bits per heavy atom. The predicted molar refractivity (Wildman–Crippen MR) is 99.1 cm³/mol. The second-order valence-electron chi connectivity index (χ2n) is 5.96. The number of rotatable bonds is 3. The van der Waals surface area contributed by atoms with Crippen LogP contribution < -0.4 is 16.2 Å². The maximum absolute atomic E-state index is 4.72. The molecule has 24 heavy (non-hydrogen) atoms. The van der Waals surface area contributed by atoms with Crippen molar-refractivity contribution in [3.05, 3.63) is 71.2 Å². The van der Waals surface area contributed by atoms with Crippen LogP contribution in [0.25, 0.3) is 5.82 Å². The average Bonchev–Trinajstić information content (AvgIpc) is 3.20. The molecule has 0 spiro atoms. The number of nitrogens with one attached hydrogen (secondary N) is 3. The van der Waals surface area contributed by atoms with Gasteiger partial charge in [-0.2, -0.15) is 5.10 Å². The predicted octanol–water partition coefficient (Wildman–Crippen LogP) is 3.83. The van der Waals surface area contributed by atoms with Gasteiger partial charge < -0.3 is 10.7 Å². The van der Waals surface area contributed by atoms with Crippen molar-refractivity contribution in [1.29, 1.82) is 0 Å². The van der Waals surface area contributed by atoms with Crippen molar-refractivity contribution in [1.82, 2.24) is 20.6 Å². The van der Waals surface area contributed by atoms with Crippen LogP contribution in [0, 0.1) is 0 Å². The van der Waals surface area contributed by atoms with Gasteiger partial charge in [0.25, 0.3) is 0 Å². The van der Waals surface area contributed by atoms with Crippen LogP contribution in [0.15, 0.2) is 64.8 Å². The summed E-state index contributed by atoms with van der Waals surface area (Å²) in [6, 6.07) is 8.56. The summed E-state index contributed by atoms with van der Waals surface area (Å²) >= 11 is 1.68. The lowest BCUT2D eigenvalue weighted by Crippen LogP contribution is -2.33. The van der Waals surface area contributed by atoms with Crippen LogP contribution in [-0.4, -0.2) is 9.78 Å². The normalized spacial score (nSPS) is 17.2. The van der Waals surface area contributed by atoms with E-state index in [1.807, 2.05) is 30.0 Å². The molecule has 6 heteroatoms. The Balaban J connectivity index is 1.59. The summed E-state index contributed by atoms with van der Waals surface area (Å²) in [4.78, 5) is 1.23. The lowest BCUT2D eigenvalue weighted by molar-refractivity contribution is 0.670. The largest absolute Gasteiger partial charge is 0.350 e. The van der Waals surface area contributed by atoms with E-state index in [2.05, 4.69) is 53.9 Å². The zero-order valence-electron chi connectivity index (χ0n) is 13.6. The van der Waals surface area contributed by atoms with Crippen molar-refractivity contribution in [3.8, 4) is 0 Å². The molecule has 0 amide bonds. The highest BCUT2D eigenvalue weighted by Gasteiger charge is 2.18. The lowest BCUT2D eigenvalue weighted by Gasteiger charge is -2.17. The average molecular weight is 337 g/mol. The Kier molecular flexibility index (Phi) is 3.61. The van der Waals surface area contributed by atoms with Gasteiger partial charge in [0.15, 0.2) is 0 Å². The first-order valence-electron chi connectivity index (χ1n) is 7.84. The lowest BCUT2D eigenvalue weighted by atomic mass is 9.98. The van der Waals surface area contributed by atoms with Crippen molar-refractivity contribution < 1.29 is 0 Å². The van der Waals surface area contributed by atoms with Gasteiger partial charge in [0.05, 0.1) is 16.4 Å². The van der Waals surface area contributed by atoms with E-state index >= 15 is 0 Å². The molecular weight excluding hydrogens is 318 g/mol. The second kappa shape index (κ2) is 5.79. The van der Waals surface area contributed by atoms with E-state index in [1.165, 1.54) is 10.5 Å². The van der Waals surface area contributed by atoms with Crippen LogP contribution in [-0.2, 0) is 0 Å². The zero-order chi connectivity index (χ0) is 16.7. The number of anilines is 1. The molecule has 2 aliphatic rings. The summed E-state index contributed by atoms with van der Waals surface area (Å²) in [5.41, 5.74) is 10.7. The van der Waals surface area contributed by atoms with Crippen LogP contribution in [0.1, 0.15) is 31.0 Å². The number of thioether (sulfide) groups is 1. The molecule has 0 bridgehead atoms. The van der Waals surface area contributed by atoms with Gasteiger partial charge in [-0.25, -0.2) is 4.68 Å². The fourth-order valence-electron chi connectivity index (χ4n) is 2.76. The minimum atomic E-state index is 0.223. The van der Waals surface area contributed by atoms with E-state index in [4.69, 9.17) is 5.10 Å². The quantitative estimate of drug-likeness (QED) is 0.795. The summed E-state index contributed by atoms with van der Waals surface area (Å²) < 4.78 is 1.85. The summed E-state index contributed by atoms with van der Waals surface area (Å²) in [6.07, 6.45) is 6.01.